The molecule has 3 aromatic rings. The summed E-state index contributed by atoms with van der Waals surface area (Å²) in [6, 6.07) is 8.24. The highest BCUT2D eigenvalue weighted by Gasteiger charge is 2.23. The highest BCUT2D eigenvalue weighted by atomic mass is 16.5. The fraction of sp³-hybridized carbons (Fsp3) is 0.429. The third-order valence-corrected chi connectivity index (χ3v) is 5.39. The quantitative estimate of drug-likeness (QED) is 0.658. The molecule has 0 spiro atoms. The van der Waals surface area contributed by atoms with Crippen molar-refractivity contribution in [3.05, 3.63) is 54.1 Å². The highest BCUT2D eigenvalue weighted by Crippen LogP contribution is 2.23. The monoisotopic (exact) mass is 379 g/mol. The van der Waals surface area contributed by atoms with Gasteiger partial charge in [0.2, 0.25) is 5.91 Å². The van der Waals surface area contributed by atoms with E-state index in [0.29, 0.717) is 18.1 Å². The Bertz CT molecular complexity index is 955. The molecule has 0 aliphatic carbocycles. The molecule has 1 saturated heterocycles. The van der Waals surface area contributed by atoms with Gasteiger partial charge in [0.05, 0.1) is 13.5 Å². The number of hydrogen-bond acceptors (Lipinski definition) is 5. The Morgan fingerprint density at radius 1 is 1.29 bits per heavy atom. The summed E-state index contributed by atoms with van der Waals surface area (Å²) < 4.78 is 6.91. The maximum absolute atomic E-state index is 12.8. The first-order valence-corrected chi connectivity index (χ1v) is 9.76. The van der Waals surface area contributed by atoms with E-state index in [0.717, 1.165) is 43.7 Å². The van der Waals surface area contributed by atoms with Crippen molar-refractivity contribution in [1.82, 2.24) is 24.5 Å². The van der Waals surface area contributed by atoms with Crippen molar-refractivity contribution >= 4 is 11.7 Å². The van der Waals surface area contributed by atoms with E-state index in [1.165, 1.54) is 18.3 Å². The van der Waals surface area contributed by atoms with Gasteiger partial charge in [0.1, 0.15) is 12.1 Å². The van der Waals surface area contributed by atoms with Crippen LogP contribution in [0.5, 0.6) is 5.75 Å². The van der Waals surface area contributed by atoms with E-state index in [4.69, 9.17) is 4.74 Å². The minimum absolute atomic E-state index is 0.160. The van der Waals surface area contributed by atoms with Gasteiger partial charge in [-0.1, -0.05) is 12.1 Å². The topological polar surface area (TPSA) is 72.6 Å². The molecule has 1 aromatic carbocycles. The van der Waals surface area contributed by atoms with Crippen LogP contribution in [0.4, 0.5) is 0 Å². The summed E-state index contributed by atoms with van der Waals surface area (Å²) in [5, 5.41) is 4.09. The molecule has 4 rings (SSSR count). The molecule has 1 fully saturated rings. The number of hydrogen-bond donors (Lipinski definition) is 0. The van der Waals surface area contributed by atoms with Crippen molar-refractivity contribution in [3.8, 4) is 5.75 Å². The van der Waals surface area contributed by atoms with E-state index in [2.05, 4.69) is 27.2 Å². The molecule has 0 unspecified atom stereocenters. The van der Waals surface area contributed by atoms with E-state index in [1.54, 1.807) is 17.8 Å². The molecule has 0 radical (unpaired) electrons. The fourth-order valence-corrected chi connectivity index (χ4v) is 3.86. The van der Waals surface area contributed by atoms with E-state index in [1.807, 2.05) is 23.2 Å². The molecule has 1 amide bonds. The molecule has 0 saturated carbocycles. The Hall–Kier alpha value is -2.96. The highest BCUT2D eigenvalue weighted by molar-refractivity contribution is 5.78. The number of carbonyl (C=O) groups is 1. The molecule has 1 atom stereocenters. The molecular weight excluding hydrogens is 354 g/mol. The van der Waals surface area contributed by atoms with Crippen LogP contribution >= 0.6 is 0 Å². The summed E-state index contributed by atoms with van der Waals surface area (Å²) in [6.45, 7) is 1.68. The number of nitrogens with zero attached hydrogens (tertiary/aromatic N) is 5. The molecule has 7 heteroatoms. The number of likely N-dealkylation sites (tertiary alicyclic amines) is 1. The lowest BCUT2D eigenvalue weighted by atomic mass is 9.91. The number of fused-ring (bicyclic) bond motifs is 1. The average Bonchev–Trinajstić information content (AvgIpc) is 3.20. The Balaban J connectivity index is 1.32. The second kappa shape index (κ2) is 8.37. The van der Waals surface area contributed by atoms with E-state index in [9.17, 15) is 4.79 Å². The second-order valence-corrected chi connectivity index (χ2v) is 7.38. The van der Waals surface area contributed by atoms with Gasteiger partial charge >= 0.3 is 0 Å². The Labute approximate surface area is 164 Å². The maximum Gasteiger partial charge on any atom is 0.252 e. The van der Waals surface area contributed by atoms with Crippen LogP contribution < -0.4 is 4.74 Å². The van der Waals surface area contributed by atoms with Gasteiger partial charge in [-0.15, -0.1) is 0 Å². The van der Waals surface area contributed by atoms with Crippen molar-refractivity contribution in [2.24, 2.45) is 5.92 Å². The van der Waals surface area contributed by atoms with E-state index >= 15 is 0 Å². The molecule has 146 valence electrons. The molecule has 28 heavy (non-hydrogen) atoms. The number of rotatable bonds is 6. The smallest absolute Gasteiger partial charge is 0.252 e. The standard InChI is InChI=1S/C21H25N5O2/c1-28-19-6-2-4-16(10-19)7-8-17-5-3-9-25(13-17)20(27)11-18-12-22-21-23-15-24-26(21)14-18/h2,4,6,10,12,14-15,17H,3,5,7-9,11,13H2,1H3/t17-/m1/s1. The number of piperidine rings is 1. The largest absolute Gasteiger partial charge is 0.497 e. The van der Waals surface area contributed by atoms with Gasteiger partial charge < -0.3 is 9.64 Å². The predicted octanol–water partition coefficient (Wildman–Crippen LogP) is 2.55. The molecule has 1 aliphatic rings. The van der Waals surface area contributed by atoms with Gasteiger partial charge in [-0.25, -0.2) is 9.50 Å². The SMILES string of the molecule is COc1cccc(CC[C@H]2CCCN(C(=O)Cc3cnc4ncnn4c3)C2)c1. The third-order valence-electron chi connectivity index (χ3n) is 5.39. The van der Waals surface area contributed by atoms with Crippen LogP contribution in [0, 0.1) is 5.92 Å². The first-order chi connectivity index (χ1) is 13.7. The zero-order valence-electron chi connectivity index (χ0n) is 16.1. The Kier molecular flexibility index (Phi) is 5.50. The first-order valence-electron chi connectivity index (χ1n) is 9.76. The van der Waals surface area contributed by atoms with Crippen molar-refractivity contribution in [1.29, 1.82) is 0 Å². The van der Waals surface area contributed by atoms with Gasteiger partial charge in [-0.05, 0) is 54.9 Å². The van der Waals surface area contributed by atoms with Crippen LogP contribution in [0.1, 0.15) is 30.4 Å². The molecular formula is C21H25N5O2. The van der Waals surface area contributed by atoms with Crippen molar-refractivity contribution in [3.63, 3.8) is 0 Å². The van der Waals surface area contributed by atoms with E-state index < -0.39 is 0 Å². The average molecular weight is 379 g/mol. The van der Waals surface area contributed by atoms with Crippen LogP contribution in [-0.4, -0.2) is 50.6 Å². The minimum atomic E-state index is 0.160. The summed E-state index contributed by atoms with van der Waals surface area (Å²) in [5.41, 5.74) is 2.15. The lowest BCUT2D eigenvalue weighted by molar-refractivity contribution is -0.132. The Morgan fingerprint density at radius 2 is 2.21 bits per heavy atom. The number of methoxy groups -OCH3 is 1. The number of amides is 1. The zero-order chi connectivity index (χ0) is 19.3. The molecule has 1 aliphatic heterocycles. The molecule has 7 nitrogen and oxygen atoms in total. The van der Waals surface area contributed by atoms with Crippen molar-refractivity contribution < 1.29 is 9.53 Å². The van der Waals surface area contributed by atoms with Gasteiger partial charge in [0.15, 0.2) is 0 Å². The Morgan fingerprint density at radius 3 is 3.11 bits per heavy atom. The predicted molar refractivity (Wildman–Crippen MR) is 105 cm³/mol. The van der Waals surface area contributed by atoms with Gasteiger partial charge in [0, 0.05) is 25.5 Å². The van der Waals surface area contributed by atoms with Crippen LogP contribution in [0.15, 0.2) is 43.0 Å². The fourth-order valence-electron chi connectivity index (χ4n) is 3.86. The number of benzene rings is 1. The lowest BCUT2D eigenvalue weighted by Gasteiger charge is -2.33. The summed E-state index contributed by atoms with van der Waals surface area (Å²) >= 11 is 0. The van der Waals surface area contributed by atoms with Gasteiger partial charge in [-0.2, -0.15) is 10.1 Å². The normalized spacial score (nSPS) is 17.0. The van der Waals surface area contributed by atoms with Crippen LogP contribution in [-0.2, 0) is 17.6 Å². The summed E-state index contributed by atoms with van der Waals surface area (Å²) in [5.74, 6) is 2.15. The van der Waals surface area contributed by atoms with Crippen LogP contribution in [0.25, 0.3) is 5.78 Å². The molecule has 0 N–H and O–H groups in total. The summed E-state index contributed by atoms with van der Waals surface area (Å²) in [6.07, 6.45) is 9.70. The van der Waals surface area contributed by atoms with E-state index in [-0.39, 0.29) is 5.91 Å². The summed E-state index contributed by atoms with van der Waals surface area (Å²) in [7, 11) is 1.69. The zero-order valence-corrected chi connectivity index (χ0v) is 16.1. The molecule has 2 aromatic heterocycles. The number of aromatic nitrogens is 4. The molecule has 3 heterocycles. The van der Waals surface area contributed by atoms with Gasteiger partial charge in [0.25, 0.3) is 5.78 Å². The van der Waals surface area contributed by atoms with Crippen molar-refractivity contribution in [2.75, 3.05) is 20.2 Å². The van der Waals surface area contributed by atoms with Crippen molar-refractivity contribution in [2.45, 2.75) is 32.1 Å². The molecule has 0 bridgehead atoms. The third kappa shape index (κ3) is 4.30. The second-order valence-electron chi connectivity index (χ2n) is 7.38. The number of carbonyl (C=O) groups excluding carboxylic acids is 1. The van der Waals surface area contributed by atoms with Crippen LogP contribution in [0.2, 0.25) is 0 Å². The summed E-state index contributed by atoms with van der Waals surface area (Å²) in [4.78, 5) is 23.1. The lowest BCUT2D eigenvalue weighted by Crippen LogP contribution is -2.40. The number of ether oxygens (including phenoxy) is 1. The minimum Gasteiger partial charge on any atom is -0.497 e. The maximum atomic E-state index is 12.8. The van der Waals surface area contributed by atoms with Gasteiger partial charge in [-0.3, -0.25) is 4.79 Å². The van der Waals surface area contributed by atoms with Crippen LogP contribution in [0.3, 0.4) is 0 Å². The first kappa shape index (κ1) is 18.4. The number of aryl methyl sites for hydroxylation is 1.